The van der Waals surface area contributed by atoms with Crippen LogP contribution in [0.4, 0.5) is 5.95 Å². The molecule has 0 aliphatic carbocycles. The van der Waals surface area contributed by atoms with Crippen LogP contribution >= 0.6 is 0 Å². The predicted octanol–water partition coefficient (Wildman–Crippen LogP) is 0.256. The molecule has 1 N–H and O–H groups in total. The predicted molar refractivity (Wildman–Crippen MR) is 115 cm³/mol. The zero-order valence-corrected chi connectivity index (χ0v) is 17.5. The number of hydrogen-bond donors (Lipinski definition) is 1. The number of imidazole rings is 1. The largest absolute Gasteiger partial charge is 0.465 e. The number of carbonyl (C=O) groups is 1. The molecule has 0 aromatic carbocycles. The zero-order valence-electron chi connectivity index (χ0n) is 17.5. The molecule has 4 rings (SSSR count). The summed E-state index contributed by atoms with van der Waals surface area (Å²) in [5.74, 6) is 6.21. The quantitative estimate of drug-likeness (QED) is 0.462. The minimum Gasteiger partial charge on any atom is -0.465 e. The standard InChI is InChI=1S/C21H23N7O3/c1-3-4-9-27-18-17(25-21(27)26-10-7-22-8-11-26)13-24-28(19(18)29)14-16-6-5-15(12-23-16)20(30)31-2/h5-6,12-13,22H,7-11,14H2,1-2H3. The highest BCUT2D eigenvalue weighted by Gasteiger charge is 2.21. The van der Waals surface area contributed by atoms with Crippen molar-refractivity contribution < 1.29 is 9.53 Å². The van der Waals surface area contributed by atoms with Gasteiger partial charge >= 0.3 is 5.97 Å². The maximum Gasteiger partial charge on any atom is 0.339 e. The third-order valence-electron chi connectivity index (χ3n) is 5.10. The van der Waals surface area contributed by atoms with E-state index < -0.39 is 5.97 Å². The van der Waals surface area contributed by atoms with Gasteiger partial charge in [-0.05, 0) is 19.1 Å². The molecule has 4 heterocycles. The smallest absolute Gasteiger partial charge is 0.339 e. The zero-order chi connectivity index (χ0) is 21.8. The molecule has 0 unspecified atom stereocenters. The van der Waals surface area contributed by atoms with Gasteiger partial charge in [-0.2, -0.15) is 5.10 Å². The van der Waals surface area contributed by atoms with E-state index in [1.807, 2.05) is 4.57 Å². The van der Waals surface area contributed by atoms with Crippen LogP contribution in [0.3, 0.4) is 0 Å². The SMILES string of the molecule is CC#CCn1c(N2CCNCC2)nc2cnn(Cc3ccc(C(=O)OC)cn3)c(=O)c21. The molecule has 0 atom stereocenters. The Hall–Kier alpha value is -3.71. The maximum absolute atomic E-state index is 13.3. The Labute approximate surface area is 178 Å². The number of nitrogens with zero attached hydrogens (tertiary/aromatic N) is 6. The van der Waals surface area contributed by atoms with Crippen molar-refractivity contribution in [3.05, 3.63) is 46.1 Å². The summed E-state index contributed by atoms with van der Waals surface area (Å²) >= 11 is 0. The van der Waals surface area contributed by atoms with Crippen LogP contribution in [0.2, 0.25) is 0 Å². The first-order chi connectivity index (χ1) is 15.1. The normalized spacial score (nSPS) is 13.7. The number of carbonyl (C=O) groups excluding carboxylic acids is 1. The van der Waals surface area contributed by atoms with E-state index in [0.717, 1.165) is 32.1 Å². The minimum absolute atomic E-state index is 0.170. The van der Waals surface area contributed by atoms with Crippen molar-refractivity contribution in [1.82, 2.24) is 29.6 Å². The highest BCUT2D eigenvalue weighted by Crippen LogP contribution is 2.20. The van der Waals surface area contributed by atoms with Gasteiger partial charge in [-0.3, -0.25) is 14.3 Å². The summed E-state index contributed by atoms with van der Waals surface area (Å²) in [6.45, 7) is 5.65. The Kier molecular flexibility index (Phi) is 5.95. The van der Waals surface area contributed by atoms with Gasteiger partial charge in [-0.1, -0.05) is 5.92 Å². The minimum atomic E-state index is -0.461. The van der Waals surface area contributed by atoms with Gasteiger partial charge in [-0.15, -0.1) is 5.92 Å². The van der Waals surface area contributed by atoms with Crippen molar-refractivity contribution >= 4 is 23.0 Å². The van der Waals surface area contributed by atoms with Gasteiger partial charge in [0, 0.05) is 32.4 Å². The van der Waals surface area contributed by atoms with Crippen molar-refractivity contribution in [2.45, 2.75) is 20.0 Å². The molecule has 3 aromatic rings. The van der Waals surface area contributed by atoms with E-state index in [0.29, 0.717) is 28.8 Å². The summed E-state index contributed by atoms with van der Waals surface area (Å²) in [5, 5.41) is 7.61. The monoisotopic (exact) mass is 421 g/mol. The molecule has 1 saturated heterocycles. The van der Waals surface area contributed by atoms with Crippen molar-refractivity contribution in [2.24, 2.45) is 0 Å². The molecule has 10 nitrogen and oxygen atoms in total. The molecule has 0 spiro atoms. The number of ether oxygens (including phenoxy) is 1. The van der Waals surface area contributed by atoms with E-state index in [1.54, 1.807) is 25.3 Å². The summed E-state index contributed by atoms with van der Waals surface area (Å²) in [7, 11) is 1.32. The lowest BCUT2D eigenvalue weighted by Crippen LogP contribution is -2.44. The molecule has 1 aliphatic rings. The Morgan fingerprint density at radius 3 is 2.74 bits per heavy atom. The molecule has 0 bridgehead atoms. The molecule has 1 fully saturated rings. The number of anilines is 1. The van der Waals surface area contributed by atoms with Crippen LogP contribution in [-0.2, 0) is 17.8 Å². The van der Waals surface area contributed by atoms with E-state index in [4.69, 9.17) is 0 Å². The molecule has 1 aliphatic heterocycles. The first-order valence-electron chi connectivity index (χ1n) is 9.97. The van der Waals surface area contributed by atoms with Crippen molar-refractivity contribution in [3.8, 4) is 11.8 Å². The number of piperazine rings is 1. The fraction of sp³-hybridized carbons (Fsp3) is 0.381. The van der Waals surface area contributed by atoms with E-state index in [1.165, 1.54) is 18.0 Å². The number of fused-ring (bicyclic) bond motifs is 1. The Morgan fingerprint density at radius 2 is 2.06 bits per heavy atom. The second-order valence-electron chi connectivity index (χ2n) is 7.03. The van der Waals surface area contributed by atoms with Crippen molar-refractivity contribution in [2.75, 3.05) is 38.2 Å². The lowest BCUT2D eigenvalue weighted by molar-refractivity contribution is 0.0600. The van der Waals surface area contributed by atoms with E-state index in [2.05, 4.69) is 41.9 Å². The molecule has 3 aromatic heterocycles. The summed E-state index contributed by atoms with van der Waals surface area (Å²) < 4.78 is 7.90. The van der Waals surface area contributed by atoms with Crippen molar-refractivity contribution in [1.29, 1.82) is 0 Å². The third-order valence-corrected chi connectivity index (χ3v) is 5.10. The lowest BCUT2D eigenvalue weighted by atomic mass is 10.2. The van der Waals surface area contributed by atoms with E-state index in [-0.39, 0.29) is 12.1 Å². The van der Waals surface area contributed by atoms with Crippen LogP contribution < -0.4 is 15.8 Å². The van der Waals surface area contributed by atoms with Gasteiger partial charge in [0.25, 0.3) is 5.56 Å². The van der Waals surface area contributed by atoms with E-state index in [9.17, 15) is 9.59 Å². The Balaban J connectivity index is 1.72. The second kappa shape index (κ2) is 8.97. The molecular weight excluding hydrogens is 398 g/mol. The number of hydrogen-bond acceptors (Lipinski definition) is 8. The van der Waals surface area contributed by atoms with Gasteiger partial charge in [0.2, 0.25) is 5.95 Å². The first-order valence-corrected chi connectivity index (χ1v) is 9.97. The molecular formula is C21H23N7O3. The summed E-state index contributed by atoms with van der Waals surface area (Å²) in [6, 6.07) is 3.29. The highest BCUT2D eigenvalue weighted by atomic mass is 16.5. The highest BCUT2D eigenvalue weighted by molar-refractivity contribution is 5.88. The molecule has 31 heavy (non-hydrogen) atoms. The number of rotatable bonds is 5. The molecule has 0 amide bonds. The summed E-state index contributed by atoms with van der Waals surface area (Å²) in [4.78, 5) is 36.0. The number of esters is 1. The average Bonchev–Trinajstić information content (AvgIpc) is 3.19. The molecule has 160 valence electrons. The molecule has 0 radical (unpaired) electrons. The number of pyridine rings is 1. The van der Waals surface area contributed by atoms with Gasteiger partial charge in [0.15, 0.2) is 0 Å². The molecule has 0 saturated carbocycles. The Morgan fingerprint density at radius 1 is 1.26 bits per heavy atom. The third kappa shape index (κ3) is 4.13. The lowest BCUT2D eigenvalue weighted by Gasteiger charge is -2.28. The van der Waals surface area contributed by atoms with Crippen LogP contribution in [-0.4, -0.2) is 63.6 Å². The summed E-state index contributed by atoms with van der Waals surface area (Å²) in [6.07, 6.45) is 3.02. The van der Waals surface area contributed by atoms with Gasteiger partial charge in [-0.25, -0.2) is 14.5 Å². The van der Waals surface area contributed by atoms with Gasteiger partial charge in [0.1, 0.15) is 11.0 Å². The van der Waals surface area contributed by atoms with Crippen molar-refractivity contribution in [3.63, 3.8) is 0 Å². The van der Waals surface area contributed by atoms with Crippen LogP contribution in [0.15, 0.2) is 29.3 Å². The van der Waals surface area contributed by atoms with Crippen LogP contribution in [0.5, 0.6) is 0 Å². The van der Waals surface area contributed by atoms with Crippen LogP contribution in [0.1, 0.15) is 23.0 Å². The summed E-state index contributed by atoms with van der Waals surface area (Å²) in [5.41, 5.74) is 1.70. The fourth-order valence-electron chi connectivity index (χ4n) is 3.51. The maximum atomic E-state index is 13.3. The number of nitrogens with one attached hydrogen (secondary N) is 1. The molecule has 10 heteroatoms. The van der Waals surface area contributed by atoms with Crippen LogP contribution in [0.25, 0.3) is 11.0 Å². The second-order valence-corrected chi connectivity index (χ2v) is 7.03. The van der Waals surface area contributed by atoms with E-state index >= 15 is 0 Å². The average molecular weight is 421 g/mol. The van der Waals surface area contributed by atoms with Gasteiger partial charge in [0.05, 0.1) is 37.7 Å². The fourth-order valence-corrected chi connectivity index (χ4v) is 3.51. The first kappa shape index (κ1) is 20.6. The van der Waals surface area contributed by atoms with Crippen LogP contribution in [0, 0.1) is 11.8 Å². The Bertz CT molecular complexity index is 1210. The van der Waals surface area contributed by atoms with Gasteiger partial charge < -0.3 is 15.0 Å². The topological polar surface area (TPSA) is 107 Å². The number of aromatic nitrogens is 5. The number of methoxy groups -OCH3 is 1.